The molecule has 0 aromatic rings. The quantitative estimate of drug-likeness (QED) is 0.0330. The van der Waals surface area contributed by atoms with Crippen LogP contribution in [0.4, 0.5) is 0 Å². The zero-order valence-corrected chi connectivity index (χ0v) is 28.6. The molecule has 0 unspecified atom stereocenters. The molecule has 0 heterocycles. The highest BCUT2D eigenvalue weighted by Gasteiger charge is 2.32. The van der Waals surface area contributed by atoms with Crippen LogP contribution in [-0.2, 0) is 38.1 Å². The van der Waals surface area contributed by atoms with Crippen LogP contribution in [0.25, 0.3) is 0 Å². The number of carbonyl (C=O) groups is 4. The van der Waals surface area contributed by atoms with Crippen LogP contribution in [0.15, 0.2) is 0 Å². The lowest BCUT2D eigenvalue weighted by atomic mass is 10.0. The summed E-state index contributed by atoms with van der Waals surface area (Å²) in [4.78, 5) is 47.5. The van der Waals surface area contributed by atoms with Crippen molar-refractivity contribution in [2.45, 2.75) is 153 Å². The van der Waals surface area contributed by atoms with E-state index in [1.54, 1.807) is 0 Å². The molecule has 6 N–H and O–H groups in total. The van der Waals surface area contributed by atoms with Crippen LogP contribution in [-0.4, -0.2) is 119 Å². The lowest BCUT2D eigenvalue weighted by Gasteiger charge is -2.26. The van der Waals surface area contributed by atoms with Crippen LogP contribution in [0, 0.1) is 0 Å². The summed E-state index contributed by atoms with van der Waals surface area (Å²) in [5.74, 6) is -2.04. The van der Waals surface area contributed by atoms with E-state index < -0.39 is 49.6 Å². The minimum Gasteiger partial charge on any atom is -0.466 e. The van der Waals surface area contributed by atoms with Gasteiger partial charge in [0.05, 0.1) is 13.2 Å². The van der Waals surface area contributed by atoms with E-state index in [0.717, 1.165) is 77.0 Å². The van der Waals surface area contributed by atoms with Gasteiger partial charge in [-0.2, -0.15) is 0 Å². The fourth-order valence-electron chi connectivity index (χ4n) is 4.59. The van der Waals surface area contributed by atoms with Crippen molar-refractivity contribution in [2.75, 3.05) is 39.6 Å². The molecule has 0 aliphatic carbocycles. The third kappa shape index (κ3) is 27.6. The van der Waals surface area contributed by atoms with E-state index in [1.807, 2.05) is 0 Å². The molecule has 0 spiro atoms. The number of hydrogen-bond acceptors (Lipinski definition) is 14. The number of unbranched alkanes of at least 4 members (excludes halogenated alkanes) is 12. The molecule has 0 saturated carbocycles. The Bertz CT molecular complexity index is 758. The molecule has 14 heteroatoms. The number of esters is 4. The van der Waals surface area contributed by atoms with Gasteiger partial charge in [-0.1, -0.05) is 51.4 Å². The summed E-state index contributed by atoms with van der Waals surface area (Å²) in [6, 6.07) is 0. The maximum atomic E-state index is 11.9. The highest BCUT2D eigenvalue weighted by atomic mass is 16.6. The molecular weight excluding hydrogens is 632 g/mol. The Hall–Kier alpha value is -2.36. The highest BCUT2D eigenvalue weighted by molar-refractivity contribution is 5.71. The maximum Gasteiger partial charge on any atom is 0.305 e. The second-order valence-corrected chi connectivity index (χ2v) is 12.0. The summed E-state index contributed by atoms with van der Waals surface area (Å²) in [5.41, 5.74) is 0. The van der Waals surface area contributed by atoms with Gasteiger partial charge >= 0.3 is 23.9 Å². The number of carbonyl (C=O) groups excluding carboxylic acids is 4. The van der Waals surface area contributed by atoms with E-state index >= 15 is 0 Å². The lowest BCUT2D eigenvalue weighted by Crippen LogP contribution is -2.48. The average molecular weight is 695 g/mol. The Balaban J connectivity index is 3.91. The molecule has 282 valence electrons. The molecule has 0 aliphatic heterocycles. The van der Waals surface area contributed by atoms with Gasteiger partial charge in [-0.3, -0.25) is 19.2 Å². The number of ether oxygens (including phenoxy) is 4. The zero-order valence-electron chi connectivity index (χ0n) is 28.6. The van der Waals surface area contributed by atoms with Gasteiger partial charge in [0.25, 0.3) is 0 Å². The fraction of sp³-hybridized carbons (Fsp3) is 0.882. The highest BCUT2D eigenvalue weighted by Crippen LogP contribution is 2.11. The van der Waals surface area contributed by atoms with Gasteiger partial charge < -0.3 is 49.6 Å². The zero-order chi connectivity index (χ0) is 35.8. The fourth-order valence-corrected chi connectivity index (χ4v) is 4.59. The first-order chi connectivity index (χ1) is 23.1. The van der Waals surface area contributed by atoms with Gasteiger partial charge in [-0.05, 0) is 51.4 Å². The van der Waals surface area contributed by atoms with Gasteiger partial charge in [0.2, 0.25) is 0 Å². The van der Waals surface area contributed by atoms with Gasteiger partial charge in [0.15, 0.2) is 0 Å². The topological polar surface area (TPSA) is 227 Å². The molecule has 4 atom stereocenters. The van der Waals surface area contributed by atoms with E-state index in [9.17, 15) is 39.6 Å². The van der Waals surface area contributed by atoms with Crippen molar-refractivity contribution >= 4 is 23.9 Å². The summed E-state index contributed by atoms with van der Waals surface area (Å²) in [6.07, 6.45) is 5.74. The Kier molecular flexibility index (Phi) is 30.3. The van der Waals surface area contributed by atoms with Crippen molar-refractivity contribution in [2.24, 2.45) is 0 Å². The standard InChI is InChI=1S/C34H62O14/c35-21-13-5-1-3-7-15-23-45-29(39)17-9-11-19-31(41)47-25-27(37)33(43)34(44)28(38)26-48-32(42)20-12-10-18-30(40)46-24-16-8-4-2-6-14-22-36/h27-28,33-38,43-44H,1-26H2/t27-,28+,33-,34-/m1/s1. The predicted octanol–water partition coefficient (Wildman–Crippen LogP) is 2.39. The molecular formula is C34H62O14. The number of aliphatic hydroxyl groups excluding tert-OH is 6. The smallest absolute Gasteiger partial charge is 0.305 e. The molecule has 0 aromatic carbocycles. The first-order valence-electron chi connectivity index (χ1n) is 17.7. The number of rotatable bonds is 33. The summed E-state index contributed by atoms with van der Waals surface area (Å²) in [7, 11) is 0. The normalized spacial score (nSPS) is 13.7. The monoisotopic (exact) mass is 694 g/mol. The van der Waals surface area contributed by atoms with E-state index in [4.69, 9.17) is 29.2 Å². The van der Waals surface area contributed by atoms with Crippen molar-refractivity contribution < 1.29 is 68.8 Å². The van der Waals surface area contributed by atoms with Crippen molar-refractivity contribution in [3.63, 3.8) is 0 Å². The average Bonchev–Trinajstić information content (AvgIpc) is 3.08. The minimum absolute atomic E-state index is 0.0282. The molecule has 0 aliphatic rings. The van der Waals surface area contributed by atoms with Crippen LogP contribution >= 0.6 is 0 Å². The first kappa shape index (κ1) is 45.6. The number of hydrogen-bond donors (Lipinski definition) is 6. The summed E-state index contributed by atoms with van der Waals surface area (Å²) in [5, 5.41) is 57.9. The molecule has 0 radical (unpaired) electrons. The Morgan fingerprint density at radius 1 is 0.375 bits per heavy atom. The second-order valence-electron chi connectivity index (χ2n) is 12.0. The maximum absolute atomic E-state index is 11.9. The molecule has 0 aromatic heterocycles. The third-order valence-electron chi connectivity index (χ3n) is 7.62. The van der Waals surface area contributed by atoms with Crippen LogP contribution < -0.4 is 0 Å². The SMILES string of the molecule is O=C(CCCCC(=O)OC[C@@H](O)[C@@H](O)[C@H](O)[C@@H](O)COC(=O)CCCCC(=O)OCCCCCCCCO)OCCCCCCCCO. The van der Waals surface area contributed by atoms with Crippen molar-refractivity contribution in [3.8, 4) is 0 Å². The molecule has 0 rings (SSSR count). The van der Waals surface area contributed by atoms with Crippen molar-refractivity contribution in [3.05, 3.63) is 0 Å². The Morgan fingerprint density at radius 3 is 0.958 bits per heavy atom. The van der Waals surface area contributed by atoms with Gasteiger partial charge in [-0.25, -0.2) is 0 Å². The summed E-state index contributed by atoms with van der Waals surface area (Å²) < 4.78 is 20.1. The predicted molar refractivity (Wildman–Crippen MR) is 174 cm³/mol. The van der Waals surface area contributed by atoms with E-state index in [-0.39, 0.29) is 50.8 Å². The Labute approximate surface area is 285 Å². The minimum atomic E-state index is -1.89. The van der Waals surface area contributed by atoms with E-state index in [1.165, 1.54) is 0 Å². The van der Waals surface area contributed by atoms with Crippen LogP contribution in [0.3, 0.4) is 0 Å². The van der Waals surface area contributed by atoms with Crippen molar-refractivity contribution in [1.82, 2.24) is 0 Å². The van der Waals surface area contributed by atoms with E-state index in [2.05, 4.69) is 0 Å². The third-order valence-corrected chi connectivity index (χ3v) is 7.62. The first-order valence-corrected chi connectivity index (χ1v) is 17.7. The second kappa shape index (κ2) is 31.9. The van der Waals surface area contributed by atoms with Crippen LogP contribution in [0.2, 0.25) is 0 Å². The van der Waals surface area contributed by atoms with Crippen LogP contribution in [0.5, 0.6) is 0 Å². The van der Waals surface area contributed by atoms with Crippen molar-refractivity contribution in [1.29, 1.82) is 0 Å². The Morgan fingerprint density at radius 2 is 0.646 bits per heavy atom. The largest absolute Gasteiger partial charge is 0.466 e. The van der Waals surface area contributed by atoms with Gasteiger partial charge in [0, 0.05) is 38.9 Å². The van der Waals surface area contributed by atoms with E-state index in [0.29, 0.717) is 38.9 Å². The van der Waals surface area contributed by atoms with Gasteiger partial charge in [0.1, 0.15) is 37.6 Å². The summed E-state index contributed by atoms with van der Waals surface area (Å²) in [6.45, 7) is -0.172. The molecule has 0 fully saturated rings. The van der Waals surface area contributed by atoms with Gasteiger partial charge in [-0.15, -0.1) is 0 Å². The summed E-state index contributed by atoms with van der Waals surface area (Å²) >= 11 is 0. The number of aliphatic hydroxyl groups is 6. The molecule has 0 saturated heterocycles. The molecule has 14 nitrogen and oxygen atoms in total. The van der Waals surface area contributed by atoms with Crippen LogP contribution in [0.1, 0.15) is 128 Å². The molecule has 48 heavy (non-hydrogen) atoms. The lowest BCUT2D eigenvalue weighted by molar-refractivity contribution is -0.162. The molecule has 0 bridgehead atoms. The molecule has 0 amide bonds.